The van der Waals surface area contributed by atoms with Crippen molar-refractivity contribution in [3.63, 3.8) is 0 Å². The van der Waals surface area contributed by atoms with Gasteiger partial charge in [-0.25, -0.2) is 0 Å². The first kappa shape index (κ1) is 24.1. The van der Waals surface area contributed by atoms with Crippen LogP contribution in [0, 0.1) is 9.81 Å². The summed E-state index contributed by atoms with van der Waals surface area (Å²) in [4.78, 5) is 28.4. The van der Waals surface area contributed by atoms with Crippen molar-refractivity contribution in [1.29, 1.82) is 0 Å². The summed E-state index contributed by atoms with van der Waals surface area (Å²) in [6.45, 7) is 8.39. The molecule has 1 aromatic rings. The SMILES string of the molecule is CCCCCc1cc(N=O)c(C/C=C(\C)CCC=C(C)C)c(ON=O)c1SC. The summed E-state index contributed by atoms with van der Waals surface area (Å²) < 4.78 is 0. The molecule has 0 heterocycles. The number of nitroso groups, excluding NO2 is 1. The largest absolute Gasteiger partial charge is 0.322 e. The maximum absolute atomic E-state index is 11.5. The molecule has 0 aliphatic carbocycles. The lowest BCUT2D eigenvalue weighted by molar-refractivity contribution is 0.323. The highest BCUT2D eigenvalue weighted by Crippen LogP contribution is 2.42. The fourth-order valence-corrected chi connectivity index (χ4v) is 3.84. The number of hydrogen-bond acceptors (Lipinski definition) is 6. The average molecular weight is 405 g/mol. The van der Waals surface area contributed by atoms with E-state index in [0.717, 1.165) is 49.0 Å². The van der Waals surface area contributed by atoms with Crippen LogP contribution >= 0.6 is 11.8 Å². The van der Waals surface area contributed by atoms with Crippen molar-refractivity contribution < 1.29 is 4.84 Å². The van der Waals surface area contributed by atoms with Gasteiger partial charge in [0.1, 0.15) is 5.69 Å². The highest BCUT2D eigenvalue weighted by molar-refractivity contribution is 7.98. The van der Waals surface area contributed by atoms with Gasteiger partial charge in [0.25, 0.3) is 0 Å². The second-order valence-corrected chi connectivity index (χ2v) is 8.00. The van der Waals surface area contributed by atoms with Crippen LogP contribution in [0.3, 0.4) is 0 Å². The number of nitrogens with zero attached hydrogens (tertiary/aromatic N) is 2. The molecule has 0 aliphatic rings. The topological polar surface area (TPSA) is 68.1 Å². The highest BCUT2D eigenvalue weighted by atomic mass is 32.2. The van der Waals surface area contributed by atoms with E-state index in [0.29, 0.717) is 23.4 Å². The Balaban J connectivity index is 3.22. The lowest BCUT2D eigenvalue weighted by atomic mass is 9.99. The van der Waals surface area contributed by atoms with Gasteiger partial charge >= 0.3 is 0 Å². The number of allylic oxidation sites excluding steroid dienone is 4. The van der Waals surface area contributed by atoms with Gasteiger partial charge in [0, 0.05) is 5.56 Å². The van der Waals surface area contributed by atoms with Gasteiger partial charge < -0.3 is 4.84 Å². The van der Waals surface area contributed by atoms with E-state index in [-0.39, 0.29) is 0 Å². The third-order valence-corrected chi connectivity index (χ3v) is 5.47. The van der Waals surface area contributed by atoms with Gasteiger partial charge in [-0.05, 0) is 75.9 Å². The number of hydrogen-bond donors (Lipinski definition) is 0. The lowest BCUT2D eigenvalue weighted by Crippen LogP contribution is -1.99. The molecule has 0 bridgehead atoms. The van der Waals surface area contributed by atoms with Gasteiger partial charge in [-0.2, -0.15) is 0 Å². The van der Waals surface area contributed by atoms with E-state index >= 15 is 0 Å². The number of aryl methyl sites for hydroxylation is 1. The first-order valence-corrected chi connectivity index (χ1v) is 11.1. The number of rotatable bonds is 13. The maximum Gasteiger partial charge on any atom is 0.181 e. The summed E-state index contributed by atoms with van der Waals surface area (Å²) in [6, 6.07) is 1.84. The van der Waals surface area contributed by atoms with Crippen molar-refractivity contribution >= 4 is 17.4 Å². The Hall–Kier alpha value is -1.95. The molecule has 28 heavy (non-hydrogen) atoms. The van der Waals surface area contributed by atoms with Crippen LogP contribution in [-0.4, -0.2) is 6.26 Å². The molecule has 0 N–H and O–H groups in total. The predicted octanol–water partition coefficient (Wildman–Crippen LogP) is 7.83. The first-order valence-electron chi connectivity index (χ1n) is 9.83. The Morgan fingerprint density at radius 1 is 1.18 bits per heavy atom. The average Bonchev–Trinajstić information content (AvgIpc) is 2.66. The molecule has 0 amide bonds. The maximum atomic E-state index is 11.5. The van der Waals surface area contributed by atoms with Crippen molar-refractivity contribution in [3.8, 4) is 5.75 Å². The zero-order chi connectivity index (χ0) is 20.9. The highest BCUT2D eigenvalue weighted by Gasteiger charge is 2.20. The van der Waals surface area contributed by atoms with Gasteiger partial charge in [0.2, 0.25) is 0 Å². The van der Waals surface area contributed by atoms with Gasteiger partial charge in [0.05, 0.1) is 4.90 Å². The summed E-state index contributed by atoms with van der Waals surface area (Å²) >= 11 is 1.51. The molecule has 0 fully saturated rings. The first-order chi connectivity index (χ1) is 13.5. The van der Waals surface area contributed by atoms with Crippen molar-refractivity contribution in [2.45, 2.75) is 77.5 Å². The van der Waals surface area contributed by atoms with E-state index in [4.69, 9.17) is 4.84 Å². The minimum atomic E-state index is 0.330. The minimum Gasteiger partial charge on any atom is -0.322 e. The van der Waals surface area contributed by atoms with E-state index in [1.54, 1.807) is 0 Å². The molecular weight excluding hydrogens is 372 g/mol. The number of unbranched alkanes of at least 4 members (excludes halogenated alkanes) is 2. The van der Waals surface area contributed by atoms with Crippen molar-refractivity contribution in [1.82, 2.24) is 0 Å². The normalized spacial score (nSPS) is 11.2. The predicted molar refractivity (Wildman–Crippen MR) is 119 cm³/mol. The molecule has 6 heteroatoms. The summed E-state index contributed by atoms with van der Waals surface area (Å²) in [5.74, 6) is 0.374. The van der Waals surface area contributed by atoms with Crippen LogP contribution in [0.5, 0.6) is 5.75 Å². The second-order valence-electron chi connectivity index (χ2n) is 7.18. The second kappa shape index (κ2) is 13.3. The summed E-state index contributed by atoms with van der Waals surface area (Å²) in [5.41, 5.74) is 4.46. The fourth-order valence-electron chi connectivity index (χ4n) is 3.07. The molecule has 154 valence electrons. The molecule has 0 atom stereocenters. The van der Waals surface area contributed by atoms with E-state index in [2.05, 4.69) is 50.4 Å². The minimum absolute atomic E-state index is 0.330. The summed E-state index contributed by atoms with van der Waals surface area (Å²) in [7, 11) is 0. The van der Waals surface area contributed by atoms with Crippen LogP contribution in [0.25, 0.3) is 0 Å². The Labute approximate surface area is 172 Å². The Morgan fingerprint density at radius 3 is 2.50 bits per heavy atom. The van der Waals surface area contributed by atoms with Crippen LogP contribution in [0.2, 0.25) is 0 Å². The zero-order valence-electron chi connectivity index (χ0n) is 17.7. The van der Waals surface area contributed by atoms with Crippen molar-refractivity contribution in [2.24, 2.45) is 10.5 Å². The number of thioether (sulfide) groups is 1. The Kier molecular flexibility index (Phi) is 11.4. The monoisotopic (exact) mass is 404 g/mol. The lowest BCUT2D eigenvalue weighted by Gasteiger charge is -2.15. The molecule has 5 nitrogen and oxygen atoms in total. The molecule has 0 radical (unpaired) electrons. The Morgan fingerprint density at radius 2 is 1.93 bits per heavy atom. The molecule has 0 aliphatic heterocycles. The summed E-state index contributed by atoms with van der Waals surface area (Å²) in [6.07, 6.45) is 12.7. The number of benzene rings is 1. The van der Waals surface area contributed by atoms with Crippen molar-refractivity contribution in [2.75, 3.05) is 6.26 Å². The van der Waals surface area contributed by atoms with Crippen LogP contribution in [0.1, 0.15) is 70.9 Å². The van der Waals surface area contributed by atoms with Gasteiger partial charge in [-0.3, -0.25) is 0 Å². The van der Waals surface area contributed by atoms with E-state index in [9.17, 15) is 9.81 Å². The molecule has 0 aromatic heterocycles. The van der Waals surface area contributed by atoms with Crippen LogP contribution in [0.15, 0.2) is 44.8 Å². The molecule has 0 saturated carbocycles. The van der Waals surface area contributed by atoms with Crippen LogP contribution in [0.4, 0.5) is 5.69 Å². The quantitative estimate of drug-likeness (QED) is 0.110. The van der Waals surface area contributed by atoms with Crippen LogP contribution < -0.4 is 4.84 Å². The van der Waals surface area contributed by atoms with E-state index in [1.807, 2.05) is 12.3 Å². The van der Waals surface area contributed by atoms with Gasteiger partial charge in [-0.15, -0.1) is 21.6 Å². The van der Waals surface area contributed by atoms with Crippen molar-refractivity contribution in [3.05, 3.63) is 50.3 Å². The van der Waals surface area contributed by atoms with Crippen LogP contribution in [-0.2, 0) is 12.8 Å². The standard InChI is InChI=1S/C22H32N2O3S/c1-6-7-8-12-18-15-20(23-25)19(21(27-24-26)22(18)28-5)14-13-17(4)11-9-10-16(2)3/h10,13,15H,6-9,11-12,14H2,1-5H3/b17-13+. The van der Waals surface area contributed by atoms with E-state index in [1.165, 1.54) is 22.9 Å². The van der Waals surface area contributed by atoms with E-state index < -0.39 is 0 Å². The third-order valence-electron chi connectivity index (χ3n) is 4.62. The smallest absolute Gasteiger partial charge is 0.181 e. The molecular formula is C22H32N2O3S. The van der Waals surface area contributed by atoms with Gasteiger partial charge in [0.15, 0.2) is 11.1 Å². The molecule has 0 spiro atoms. The molecule has 0 saturated heterocycles. The molecule has 0 unspecified atom stereocenters. The van der Waals surface area contributed by atoms with Gasteiger partial charge in [-0.1, -0.05) is 43.1 Å². The Bertz CT molecular complexity index is 723. The summed E-state index contributed by atoms with van der Waals surface area (Å²) in [5, 5.41) is 5.87. The fraction of sp³-hybridized carbons (Fsp3) is 0.545. The zero-order valence-corrected chi connectivity index (χ0v) is 18.5. The third kappa shape index (κ3) is 7.58. The molecule has 1 aromatic carbocycles. The molecule has 1 rings (SSSR count).